The molecule has 0 bridgehead atoms. The number of hydrogen-bond acceptors (Lipinski definition) is 4. The fraction of sp³-hybridized carbons (Fsp3) is 0.462. The van der Waals surface area contributed by atoms with Crippen LogP contribution in [0.5, 0.6) is 5.88 Å². The van der Waals surface area contributed by atoms with Gasteiger partial charge in [0.05, 0.1) is 15.8 Å². The fourth-order valence-electron chi connectivity index (χ4n) is 2.52. The SMILES string of the molecule is O=[N+]([O-])c1ccc2[nH]nc(OC3CCCCC3)c2c1. The Balaban J connectivity index is 1.89. The molecule has 1 saturated carbocycles. The molecule has 0 amide bonds. The lowest BCUT2D eigenvalue weighted by Crippen LogP contribution is -2.19. The second-order valence-corrected chi connectivity index (χ2v) is 4.89. The van der Waals surface area contributed by atoms with Gasteiger partial charge in [-0.1, -0.05) is 6.42 Å². The highest BCUT2D eigenvalue weighted by molar-refractivity contribution is 5.86. The molecule has 6 heteroatoms. The molecule has 1 aliphatic carbocycles. The fourth-order valence-corrected chi connectivity index (χ4v) is 2.52. The molecule has 1 N–H and O–H groups in total. The number of non-ortho nitro benzene ring substituents is 1. The van der Waals surface area contributed by atoms with Gasteiger partial charge in [0.1, 0.15) is 6.10 Å². The molecule has 2 aromatic rings. The van der Waals surface area contributed by atoms with Crippen molar-refractivity contribution in [2.75, 3.05) is 0 Å². The molecule has 0 unspecified atom stereocenters. The standard InChI is InChI=1S/C13H15N3O3/c17-16(18)9-6-7-12-11(8-9)13(15-14-12)19-10-4-2-1-3-5-10/h6-8,10H,1-5H2,(H,14,15). The molecular formula is C13H15N3O3. The van der Waals surface area contributed by atoms with Crippen molar-refractivity contribution in [1.29, 1.82) is 0 Å². The van der Waals surface area contributed by atoms with E-state index in [1.165, 1.54) is 31.4 Å². The molecule has 3 rings (SSSR count). The normalized spacial score (nSPS) is 16.6. The number of nitro groups is 1. The first-order chi connectivity index (χ1) is 9.24. The van der Waals surface area contributed by atoms with Crippen LogP contribution in [0.1, 0.15) is 32.1 Å². The Bertz CT molecular complexity index is 602. The molecule has 0 spiro atoms. The summed E-state index contributed by atoms with van der Waals surface area (Å²) < 4.78 is 5.88. The summed E-state index contributed by atoms with van der Waals surface area (Å²) in [7, 11) is 0. The molecule has 1 heterocycles. The predicted molar refractivity (Wildman–Crippen MR) is 70.2 cm³/mol. The minimum atomic E-state index is -0.406. The van der Waals surface area contributed by atoms with Crippen molar-refractivity contribution >= 4 is 16.6 Å². The highest BCUT2D eigenvalue weighted by Crippen LogP contribution is 2.29. The summed E-state index contributed by atoms with van der Waals surface area (Å²) in [5, 5.41) is 18.4. The van der Waals surface area contributed by atoms with E-state index < -0.39 is 4.92 Å². The van der Waals surface area contributed by atoms with Crippen LogP contribution in [0.4, 0.5) is 5.69 Å². The maximum Gasteiger partial charge on any atom is 0.270 e. The lowest BCUT2D eigenvalue weighted by Gasteiger charge is -2.21. The minimum Gasteiger partial charge on any atom is -0.473 e. The number of aromatic nitrogens is 2. The number of aromatic amines is 1. The molecule has 1 aromatic carbocycles. The van der Waals surface area contributed by atoms with E-state index >= 15 is 0 Å². The molecule has 0 saturated heterocycles. The van der Waals surface area contributed by atoms with Gasteiger partial charge < -0.3 is 4.74 Å². The molecule has 1 aromatic heterocycles. The van der Waals surface area contributed by atoms with Crippen LogP contribution in [0.2, 0.25) is 0 Å². The number of rotatable bonds is 3. The third-order valence-electron chi connectivity index (χ3n) is 3.55. The topological polar surface area (TPSA) is 81.0 Å². The number of nitrogens with zero attached hydrogens (tertiary/aromatic N) is 2. The first-order valence-corrected chi connectivity index (χ1v) is 6.53. The molecule has 0 aliphatic heterocycles. The number of nitrogens with one attached hydrogen (secondary N) is 1. The van der Waals surface area contributed by atoms with Gasteiger partial charge in [-0.05, 0) is 31.7 Å². The van der Waals surface area contributed by atoms with E-state index in [1.54, 1.807) is 6.07 Å². The van der Waals surface area contributed by atoms with Crippen LogP contribution in [-0.4, -0.2) is 21.2 Å². The van der Waals surface area contributed by atoms with Crippen molar-refractivity contribution in [3.8, 4) is 5.88 Å². The average molecular weight is 261 g/mol. The third-order valence-corrected chi connectivity index (χ3v) is 3.55. The summed E-state index contributed by atoms with van der Waals surface area (Å²) in [5.41, 5.74) is 0.818. The van der Waals surface area contributed by atoms with Crippen LogP contribution in [0.15, 0.2) is 18.2 Å². The summed E-state index contributed by atoms with van der Waals surface area (Å²) in [6, 6.07) is 4.64. The van der Waals surface area contributed by atoms with Gasteiger partial charge >= 0.3 is 0 Å². The van der Waals surface area contributed by atoms with E-state index in [1.807, 2.05) is 0 Å². The van der Waals surface area contributed by atoms with Gasteiger partial charge in [0.25, 0.3) is 5.69 Å². The van der Waals surface area contributed by atoms with Gasteiger partial charge in [0.15, 0.2) is 0 Å². The van der Waals surface area contributed by atoms with E-state index in [-0.39, 0.29) is 11.8 Å². The summed E-state index contributed by atoms with van der Waals surface area (Å²) >= 11 is 0. The minimum absolute atomic E-state index is 0.0578. The van der Waals surface area contributed by atoms with Crippen molar-refractivity contribution in [2.24, 2.45) is 0 Å². The Morgan fingerprint density at radius 2 is 2.11 bits per heavy atom. The Labute approximate surface area is 109 Å². The molecule has 100 valence electrons. The van der Waals surface area contributed by atoms with E-state index in [9.17, 15) is 10.1 Å². The Morgan fingerprint density at radius 3 is 2.84 bits per heavy atom. The van der Waals surface area contributed by atoms with E-state index in [4.69, 9.17) is 4.74 Å². The van der Waals surface area contributed by atoms with E-state index in [0.717, 1.165) is 18.4 Å². The summed E-state index contributed by atoms with van der Waals surface area (Å²) in [4.78, 5) is 10.4. The van der Waals surface area contributed by atoms with Crippen LogP contribution in [0, 0.1) is 10.1 Å². The zero-order chi connectivity index (χ0) is 13.2. The third kappa shape index (κ3) is 2.38. The number of nitro benzene ring substituents is 1. The van der Waals surface area contributed by atoms with Crippen molar-refractivity contribution in [3.05, 3.63) is 28.3 Å². The maximum absolute atomic E-state index is 10.8. The lowest BCUT2D eigenvalue weighted by molar-refractivity contribution is -0.384. The first kappa shape index (κ1) is 12.0. The maximum atomic E-state index is 10.8. The van der Waals surface area contributed by atoms with Gasteiger partial charge in [-0.3, -0.25) is 15.2 Å². The number of ether oxygens (including phenoxy) is 1. The average Bonchev–Trinajstić information content (AvgIpc) is 2.82. The van der Waals surface area contributed by atoms with Crippen molar-refractivity contribution in [3.63, 3.8) is 0 Å². The van der Waals surface area contributed by atoms with Crippen LogP contribution in [0.3, 0.4) is 0 Å². The molecule has 19 heavy (non-hydrogen) atoms. The molecule has 0 atom stereocenters. The second kappa shape index (κ2) is 4.87. The van der Waals surface area contributed by atoms with Gasteiger partial charge in [0, 0.05) is 12.1 Å². The Hall–Kier alpha value is -2.11. The molecule has 1 fully saturated rings. The molecular weight excluding hydrogens is 246 g/mol. The molecule has 1 aliphatic rings. The van der Waals surface area contributed by atoms with E-state index in [0.29, 0.717) is 11.3 Å². The van der Waals surface area contributed by atoms with Gasteiger partial charge in [0.2, 0.25) is 5.88 Å². The highest BCUT2D eigenvalue weighted by Gasteiger charge is 2.19. The lowest BCUT2D eigenvalue weighted by atomic mass is 9.98. The summed E-state index contributed by atoms with van der Waals surface area (Å²) in [6.07, 6.45) is 5.85. The largest absolute Gasteiger partial charge is 0.473 e. The zero-order valence-corrected chi connectivity index (χ0v) is 10.5. The van der Waals surface area contributed by atoms with Crippen LogP contribution in [0.25, 0.3) is 10.9 Å². The second-order valence-electron chi connectivity index (χ2n) is 4.89. The molecule has 6 nitrogen and oxygen atoms in total. The van der Waals surface area contributed by atoms with Crippen LogP contribution in [-0.2, 0) is 0 Å². The van der Waals surface area contributed by atoms with Crippen molar-refractivity contribution in [1.82, 2.24) is 10.2 Å². The van der Waals surface area contributed by atoms with Crippen molar-refractivity contribution < 1.29 is 9.66 Å². The highest BCUT2D eigenvalue weighted by atomic mass is 16.6. The number of hydrogen-bond donors (Lipinski definition) is 1. The monoisotopic (exact) mass is 261 g/mol. The quantitative estimate of drug-likeness (QED) is 0.679. The molecule has 0 radical (unpaired) electrons. The van der Waals surface area contributed by atoms with E-state index in [2.05, 4.69) is 10.2 Å². The number of fused-ring (bicyclic) bond motifs is 1. The smallest absolute Gasteiger partial charge is 0.270 e. The Kier molecular flexibility index (Phi) is 3.06. The number of H-pyrrole nitrogens is 1. The summed E-state index contributed by atoms with van der Waals surface area (Å²) in [6.45, 7) is 0. The first-order valence-electron chi connectivity index (χ1n) is 6.53. The van der Waals surface area contributed by atoms with Crippen molar-refractivity contribution in [2.45, 2.75) is 38.2 Å². The van der Waals surface area contributed by atoms with Gasteiger partial charge in [-0.15, -0.1) is 5.10 Å². The predicted octanol–water partition coefficient (Wildman–Crippen LogP) is 3.18. The summed E-state index contributed by atoms with van der Waals surface area (Å²) in [5.74, 6) is 0.477. The zero-order valence-electron chi connectivity index (χ0n) is 10.5. The number of benzene rings is 1. The van der Waals surface area contributed by atoms with Gasteiger partial charge in [-0.2, -0.15) is 0 Å². The Morgan fingerprint density at radius 1 is 1.32 bits per heavy atom. The van der Waals surface area contributed by atoms with Gasteiger partial charge in [-0.25, -0.2) is 0 Å². The van der Waals surface area contributed by atoms with Crippen LogP contribution >= 0.6 is 0 Å². The van der Waals surface area contributed by atoms with Crippen LogP contribution < -0.4 is 4.74 Å².